The van der Waals surface area contributed by atoms with Gasteiger partial charge in [-0.25, -0.2) is 14.8 Å². The van der Waals surface area contributed by atoms with Crippen molar-refractivity contribution >= 4 is 22.7 Å². The van der Waals surface area contributed by atoms with Gasteiger partial charge in [0, 0.05) is 17.2 Å². The molecule has 3 N–H and O–H groups in total. The molecule has 31 heavy (non-hydrogen) atoms. The summed E-state index contributed by atoms with van der Waals surface area (Å²) in [5, 5.41) is 25.9. The quantitative estimate of drug-likeness (QED) is 0.574. The second-order valence-corrected chi connectivity index (χ2v) is 8.03. The molecular formula is C24H25N5O2. The van der Waals surface area contributed by atoms with Crippen molar-refractivity contribution in [3.63, 3.8) is 0 Å². The van der Waals surface area contributed by atoms with E-state index in [-0.39, 0.29) is 17.5 Å². The molecule has 1 aliphatic heterocycles. The molecule has 7 heteroatoms. The van der Waals surface area contributed by atoms with E-state index in [0.29, 0.717) is 16.9 Å². The van der Waals surface area contributed by atoms with Crippen molar-refractivity contribution in [1.29, 1.82) is 5.26 Å². The van der Waals surface area contributed by atoms with Gasteiger partial charge in [-0.2, -0.15) is 5.26 Å². The molecule has 1 atom stereocenters. The van der Waals surface area contributed by atoms with Gasteiger partial charge in [0.15, 0.2) is 5.69 Å². The normalized spacial score (nSPS) is 15.4. The Bertz CT molecular complexity index is 1180. The molecule has 0 unspecified atom stereocenters. The van der Waals surface area contributed by atoms with Gasteiger partial charge in [0.25, 0.3) is 0 Å². The number of hydrogen-bond acceptors (Lipinski definition) is 6. The zero-order valence-electron chi connectivity index (χ0n) is 17.6. The van der Waals surface area contributed by atoms with Crippen LogP contribution in [-0.4, -0.2) is 34.1 Å². The van der Waals surface area contributed by atoms with Crippen LogP contribution in [0.15, 0.2) is 36.4 Å². The zero-order chi connectivity index (χ0) is 22.0. The third-order valence-electron chi connectivity index (χ3n) is 5.80. The van der Waals surface area contributed by atoms with Crippen LogP contribution >= 0.6 is 0 Å². The zero-order valence-corrected chi connectivity index (χ0v) is 17.6. The number of fused-ring (bicyclic) bond motifs is 1. The van der Waals surface area contributed by atoms with Crippen LogP contribution in [0.4, 0.5) is 5.69 Å². The van der Waals surface area contributed by atoms with Crippen LogP contribution in [0.3, 0.4) is 0 Å². The van der Waals surface area contributed by atoms with Gasteiger partial charge in [-0.1, -0.05) is 18.2 Å². The average molecular weight is 415 g/mol. The molecule has 1 aromatic heterocycles. The van der Waals surface area contributed by atoms with Crippen LogP contribution < -0.4 is 10.6 Å². The molecule has 0 aliphatic carbocycles. The van der Waals surface area contributed by atoms with E-state index in [1.165, 1.54) is 0 Å². The maximum atomic E-state index is 11.6. The van der Waals surface area contributed by atoms with Gasteiger partial charge in [-0.3, -0.25) is 0 Å². The van der Waals surface area contributed by atoms with Crippen molar-refractivity contribution in [3.8, 4) is 6.07 Å². The SMILES string of the molecule is Cc1cc([C@@H](C)Nc2ccccc2C(=O)O)c2nc(C3CCNCC3)c(C#N)nc2c1. The first-order valence-electron chi connectivity index (χ1n) is 10.5. The molecule has 7 nitrogen and oxygen atoms in total. The Labute approximate surface area is 181 Å². The van der Waals surface area contributed by atoms with Gasteiger partial charge < -0.3 is 15.7 Å². The number of anilines is 1. The van der Waals surface area contributed by atoms with Crippen LogP contribution in [0.1, 0.15) is 64.6 Å². The summed E-state index contributed by atoms with van der Waals surface area (Å²) in [6.07, 6.45) is 1.85. The number of rotatable bonds is 5. The minimum atomic E-state index is -0.976. The van der Waals surface area contributed by atoms with E-state index in [0.717, 1.165) is 48.3 Å². The molecule has 0 bridgehead atoms. The minimum Gasteiger partial charge on any atom is -0.478 e. The number of carbonyl (C=O) groups is 1. The van der Waals surface area contributed by atoms with Gasteiger partial charge in [-0.15, -0.1) is 0 Å². The van der Waals surface area contributed by atoms with Gasteiger partial charge in [0.2, 0.25) is 0 Å². The fourth-order valence-electron chi connectivity index (χ4n) is 4.24. The molecule has 1 saturated heterocycles. The fraction of sp³-hybridized carbons (Fsp3) is 0.333. The highest BCUT2D eigenvalue weighted by atomic mass is 16.4. The highest BCUT2D eigenvalue weighted by molar-refractivity contribution is 5.94. The van der Waals surface area contributed by atoms with E-state index < -0.39 is 5.97 Å². The Morgan fingerprint density at radius 2 is 2.00 bits per heavy atom. The lowest BCUT2D eigenvalue weighted by molar-refractivity contribution is 0.0698. The van der Waals surface area contributed by atoms with E-state index in [1.807, 2.05) is 26.0 Å². The molecule has 2 heterocycles. The number of benzene rings is 2. The Balaban J connectivity index is 1.80. The van der Waals surface area contributed by atoms with E-state index in [4.69, 9.17) is 4.98 Å². The lowest BCUT2D eigenvalue weighted by atomic mass is 9.92. The standard InChI is InChI=1S/C24H25N5O2/c1-14-11-18(15(2)27-19-6-4-3-5-17(19)24(30)31)23-20(12-14)28-21(13-25)22(29-23)16-7-9-26-10-8-16/h3-6,11-12,15-16,26-27H,7-10H2,1-2H3,(H,30,31)/t15-/m1/s1. The number of nitrogens with zero attached hydrogens (tertiary/aromatic N) is 3. The second kappa shape index (κ2) is 8.70. The number of para-hydroxylation sites is 1. The summed E-state index contributed by atoms with van der Waals surface area (Å²) in [4.78, 5) is 21.2. The number of aromatic carboxylic acids is 1. The summed E-state index contributed by atoms with van der Waals surface area (Å²) in [6, 6.07) is 12.9. The summed E-state index contributed by atoms with van der Waals surface area (Å²) in [6.45, 7) is 5.77. The first-order chi connectivity index (χ1) is 15.0. The van der Waals surface area contributed by atoms with Gasteiger partial charge in [-0.05, 0) is 63.5 Å². The molecule has 3 aromatic rings. The summed E-state index contributed by atoms with van der Waals surface area (Å²) in [7, 11) is 0. The first-order valence-corrected chi connectivity index (χ1v) is 10.5. The van der Waals surface area contributed by atoms with Crippen molar-refractivity contribution in [3.05, 3.63) is 64.5 Å². The molecule has 1 aliphatic rings. The topological polar surface area (TPSA) is 111 Å². The third kappa shape index (κ3) is 4.21. The van der Waals surface area contributed by atoms with Crippen LogP contribution in [0, 0.1) is 18.3 Å². The molecule has 0 radical (unpaired) electrons. The maximum Gasteiger partial charge on any atom is 0.337 e. The summed E-state index contributed by atoms with van der Waals surface area (Å²) >= 11 is 0. The van der Waals surface area contributed by atoms with Crippen LogP contribution in [0.5, 0.6) is 0 Å². The monoisotopic (exact) mass is 415 g/mol. The maximum absolute atomic E-state index is 11.6. The first kappa shape index (κ1) is 20.8. The number of nitrogens with one attached hydrogen (secondary N) is 2. The lowest BCUT2D eigenvalue weighted by Gasteiger charge is -2.24. The highest BCUT2D eigenvalue weighted by Crippen LogP contribution is 2.32. The minimum absolute atomic E-state index is 0.203. The molecule has 0 saturated carbocycles. The number of aromatic nitrogens is 2. The molecular weight excluding hydrogens is 390 g/mol. The molecule has 0 spiro atoms. The molecule has 2 aromatic carbocycles. The van der Waals surface area contributed by atoms with E-state index in [2.05, 4.69) is 27.8 Å². The van der Waals surface area contributed by atoms with Crippen LogP contribution in [-0.2, 0) is 0 Å². The summed E-state index contributed by atoms with van der Waals surface area (Å²) in [5.41, 5.74) is 5.32. The largest absolute Gasteiger partial charge is 0.478 e. The predicted octanol–water partition coefficient (Wildman–Crippen LogP) is 4.15. The van der Waals surface area contributed by atoms with Crippen molar-refractivity contribution in [1.82, 2.24) is 15.3 Å². The fourth-order valence-corrected chi connectivity index (χ4v) is 4.24. The van der Waals surface area contributed by atoms with Crippen LogP contribution in [0.2, 0.25) is 0 Å². The number of piperidine rings is 1. The van der Waals surface area contributed by atoms with E-state index in [9.17, 15) is 15.2 Å². The Hall–Kier alpha value is -3.50. The Morgan fingerprint density at radius 1 is 1.26 bits per heavy atom. The lowest BCUT2D eigenvalue weighted by Crippen LogP contribution is -2.27. The Morgan fingerprint density at radius 3 is 2.71 bits per heavy atom. The summed E-state index contributed by atoms with van der Waals surface area (Å²) in [5.74, 6) is -0.769. The Kier molecular flexibility index (Phi) is 5.83. The van der Waals surface area contributed by atoms with Crippen LogP contribution in [0.25, 0.3) is 11.0 Å². The summed E-state index contributed by atoms with van der Waals surface area (Å²) < 4.78 is 0. The van der Waals surface area contributed by atoms with Gasteiger partial charge in [0.05, 0.1) is 28.3 Å². The number of nitriles is 1. The number of hydrogen-bond donors (Lipinski definition) is 3. The number of aryl methyl sites for hydroxylation is 1. The third-order valence-corrected chi connectivity index (χ3v) is 5.80. The average Bonchev–Trinajstić information content (AvgIpc) is 2.78. The van der Waals surface area contributed by atoms with Gasteiger partial charge >= 0.3 is 5.97 Å². The predicted molar refractivity (Wildman–Crippen MR) is 119 cm³/mol. The van der Waals surface area contributed by atoms with Gasteiger partial charge in [0.1, 0.15) is 6.07 Å². The molecule has 4 rings (SSSR count). The van der Waals surface area contributed by atoms with Crippen molar-refractivity contribution in [2.45, 2.75) is 38.6 Å². The molecule has 0 amide bonds. The van der Waals surface area contributed by atoms with E-state index >= 15 is 0 Å². The molecule has 1 fully saturated rings. The molecule has 158 valence electrons. The van der Waals surface area contributed by atoms with Crippen molar-refractivity contribution in [2.24, 2.45) is 0 Å². The van der Waals surface area contributed by atoms with Crippen molar-refractivity contribution < 1.29 is 9.90 Å². The van der Waals surface area contributed by atoms with E-state index in [1.54, 1.807) is 18.2 Å². The smallest absolute Gasteiger partial charge is 0.337 e. The van der Waals surface area contributed by atoms with Crippen molar-refractivity contribution in [2.75, 3.05) is 18.4 Å². The highest BCUT2D eigenvalue weighted by Gasteiger charge is 2.23. The number of carboxylic acids is 1. The number of carboxylic acid groups (broad SMARTS) is 1. The second-order valence-electron chi connectivity index (χ2n) is 8.03.